The smallest absolute Gasteiger partial charge is 0.407 e. The third-order valence-electron chi connectivity index (χ3n) is 6.82. The number of aliphatic hydroxyl groups excluding tert-OH is 1. The van der Waals surface area contributed by atoms with Gasteiger partial charge in [-0.05, 0) is 55.5 Å². The minimum Gasteiger partial charge on any atom is -0.497 e. The van der Waals surface area contributed by atoms with Crippen LogP contribution in [-0.2, 0) is 30.7 Å². The van der Waals surface area contributed by atoms with Crippen molar-refractivity contribution in [3.63, 3.8) is 0 Å². The SMILES string of the molecule is COc1ccc(S(=O)(=O)N(CC(C)CCC(C)=O)CC(O)C(Cc2ccccc2)NC(=O)OC2CCOC2)cc1. The Morgan fingerprint density at radius 2 is 1.82 bits per heavy atom. The van der Waals surface area contributed by atoms with Crippen molar-refractivity contribution in [2.24, 2.45) is 5.92 Å². The number of ketones is 1. The van der Waals surface area contributed by atoms with Gasteiger partial charge in [-0.3, -0.25) is 0 Å². The maximum Gasteiger partial charge on any atom is 0.407 e. The zero-order chi connectivity index (χ0) is 29.1. The lowest BCUT2D eigenvalue weighted by Crippen LogP contribution is -2.51. The van der Waals surface area contributed by atoms with E-state index in [1.54, 1.807) is 12.1 Å². The van der Waals surface area contributed by atoms with Crippen LogP contribution in [-0.4, -0.2) is 81.4 Å². The second-order valence-corrected chi connectivity index (χ2v) is 12.2. The van der Waals surface area contributed by atoms with Crippen LogP contribution in [0.4, 0.5) is 4.79 Å². The number of nitrogens with one attached hydrogen (secondary N) is 1. The first-order valence-electron chi connectivity index (χ1n) is 13.5. The van der Waals surface area contributed by atoms with Crippen LogP contribution in [0.5, 0.6) is 5.75 Å². The Hall–Kier alpha value is -2.99. The van der Waals surface area contributed by atoms with Crippen LogP contribution >= 0.6 is 0 Å². The number of rotatable bonds is 15. The molecule has 1 amide bonds. The fraction of sp³-hybridized carbons (Fsp3) is 0.517. The van der Waals surface area contributed by atoms with Crippen LogP contribution in [0.2, 0.25) is 0 Å². The van der Waals surface area contributed by atoms with Gasteiger partial charge in [-0.1, -0.05) is 37.3 Å². The highest BCUT2D eigenvalue weighted by Crippen LogP contribution is 2.23. The predicted octanol–water partition coefficient (Wildman–Crippen LogP) is 3.18. The third-order valence-corrected chi connectivity index (χ3v) is 8.67. The van der Waals surface area contributed by atoms with Crippen molar-refractivity contribution in [1.82, 2.24) is 9.62 Å². The highest BCUT2D eigenvalue weighted by molar-refractivity contribution is 7.89. The molecule has 2 N–H and O–H groups in total. The molecule has 220 valence electrons. The van der Waals surface area contributed by atoms with Gasteiger partial charge in [0, 0.05) is 25.9 Å². The quantitative estimate of drug-likeness (QED) is 0.331. The van der Waals surface area contributed by atoms with Gasteiger partial charge in [-0.2, -0.15) is 4.31 Å². The van der Waals surface area contributed by atoms with Crippen LogP contribution < -0.4 is 10.1 Å². The standard InChI is InChI=1S/C29H40N2O8S/c1-21(9-10-22(2)32)18-31(40(35,36)26-13-11-24(37-3)12-14-26)19-28(33)27(17-23-7-5-4-6-8-23)30-29(34)39-25-15-16-38-20-25/h4-8,11-14,21,25,27-28,33H,9-10,15-20H2,1-3H3,(H,30,34). The minimum atomic E-state index is -4.04. The number of nitrogens with zero attached hydrogens (tertiary/aromatic N) is 1. The van der Waals surface area contributed by atoms with Gasteiger partial charge in [-0.25, -0.2) is 13.2 Å². The molecule has 4 unspecified atom stereocenters. The summed E-state index contributed by atoms with van der Waals surface area (Å²) in [5, 5.41) is 14.1. The Balaban J connectivity index is 1.84. The Labute approximate surface area is 236 Å². The van der Waals surface area contributed by atoms with E-state index in [4.69, 9.17) is 14.2 Å². The topological polar surface area (TPSA) is 131 Å². The van der Waals surface area contributed by atoms with Gasteiger partial charge >= 0.3 is 6.09 Å². The van der Waals surface area contributed by atoms with E-state index in [1.165, 1.54) is 30.5 Å². The maximum absolute atomic E-state index is 13.8. The highest BCUT2D eigenvalue weighted by Gasteiger charge is 2.32. The second-order valence-electron chi connectivity index (χ2n) is 10.2. The molecule has 40 heavy (non-hydrogen) atoms. The number of ether oxygens (including phenoxy) is 3. The van der Waals surface area contributed by atoms with Gasteiger partial charge in [0.1, 0.15) is 17.6 Å². The number of alkyl carbamates (subject to hydrolysis) is 1. The fourth-order valence-electron chi connectivity index (χ4n) is 4.49. The Morgan fingerprint density at radius 1 is 1.12 bits per heavy atom. The number of carbonyl (C=O) groups is 2. The number of amides is 1. The summed E-state index contributed by atoms with van der Waals surface area (Å²) in [6.07, 6.45) is -0.657. The molecule has 0 bridgehead atoms. The molecule has 3 rings (SSSR count). The first kappa shape index (κ1) is 31.5. The van der Waals surface area contributed by atoms with Gasteiger partial charge in [-0.15, -0.1) is 0 Å². The molecule has 10 nitrogen and oxygen atoms in total. The molecule has 0 aliphatic carbocycles. The Bertz CT molecular complexity index is 1180. The van der Waals surface area contributed by atoms with E-state index in [2.05, 4.69) is 5.32 Å². The lowest BCUT2D eigenvalue weighted by molar-refractivity contribution is -0.117. The number of methoxy groups -OCH3 is 1. The first-order chi connectivity index (χ1) is 19.1. The zero-order valence-corrected chi connectivity index (χ0v) is 24.1. The predicted molar refractivity (Wildman–Crippen MR) is 150 cm³/mol. The largest absolute Gasteiger partial charge is 0.497 e. The minimum absolute atomic E-state index is 0.0229. The van der Waals surface area contributed by atoms with Crippen molar-refractivity contribution < 1.29 is 37.3 Å². The van der Waals surface area contributed by atoms with E-state index >= 15 is 0 Å². The van der Waals surface area contributed by atoms with Gasteiger partial charge in [0.2, 0.25) is 10.0 Å². The van der Waals surface area contributed by atoms with Crippen LogP contribution in [0.1, 0.15) is 38.7 Å². The monoisotopic (exact) mass is 576 g/mol. The van der Waals surface area contributed by atoms with Gasteiger partial charge in [0.05, 0.1) is 37.4 Å². The average molecular weight is 577 g/mol. The first-order valence-corrected chi connectivity index (χ1v) is 14.9. The molecule has 0 radical (unpaired) electrons. The number of Topliss-reactive ketones (excluding diaryl/α,β-unsaturated/α-hetero) is 1. The molecule has 1 saturated heterocycles. The van der Waals surface area contributed by atoms with Crippen LogP contribution in [0, 0.1) is 5.92 Å². The summed E-state index contributed by atoms with van der Waals surface area (Å²) in [6, 6.07) is 14.5. The van der Waals surface area contributed by atoms with E-state index in [1.807, 2.05) is 37.3 Å². The lowest BCUT2D eigenvalue weighted by Gasteiger charge is -2.31. The molecule has 1 aliphatic heterocycles. The fourth-order valence-corrected chi connectivity index (χ4v) is 6.06. The van der Waals surface area contributed by atoms with Crippen molar-refractivity contribution in [2.45, 2.75) is 62.7 Å². The third kappa shape index (κ3) is 9.58. The van der Waals surface area contributed by atoms with E-state index in [-0.39, 0.29) is 42.2 Å². The molecule has 1 aliphatic rings. The van der Waals surface area contributed by atoms with Crippen molar-refractivity contribution in [2.75, 3.05) is 33.4 Å². The number of sulfonamides is 1. The summed E-state index contributed by atoms with van der Waals surface area (Å²) in [5.74, 6) is 0.380. The summed E-state index contributed by atoms with van der Waals surface area (Å²) in [4.78, 5) is 24.3. The highest BCUT2D eigenvalue weighted by atomic mass is 32.2. The molecular weight excluding hydrogens is 536 g/mol. The van der Waals surface area contributed by atoms with E-state index < -0.39 is 28.3 Å². The lowest BCUT2D eigenvalue weighted by atomic mass is 10.0. The van der Waals surface area contributed by atoms with Gasteiger partial charge in [0.25, 0.3) is 0 Å². The summed E-state index contributed by atoms with van der Waals surface area (Å²) < 4.78 is 44.6. The molecule has 1 heterocycles. The van der Waals surface area contributed by atoms with Crippen LogP contribution in [0.3, 0.4) is 0 Å². The number of hydrogen-bond donors (Lipinski definition) is 2. The van der Waals surface area contributed by atoms with E-state index in [0.29, 0.717) is 38.2 Å². The summed E-state index contributed by atoms with van der Waals surface area (Å²) >= 11 is 0. The van der Waals surface area contributed by atoms with Crippen molar-refractivity contribution in [3.8, 4) is 5.75 Å². The van der Waals surface area contributed by atoms with Crippen LogP contribution in [0.15, 0.2) is 59.5 Å². The van der Waals surface area contributed by atoms with Crippen molar-refractivity contribution >= 4 is 21.9 Å². The van der Waals surface area contributed by atoms with Crippen molar-refractivity contribution in [1.29, 1.82) is 0 Å². The Kier molecular flexibility index (Phi) is 11.9. The summed E-state index contributed by atoms with van der Waals surface area (Å²) in [7, 11) is -2.54. The molecule has 1 fully saturated rings. The molecule has 0 spiro atoms. The number of carbonyl (C=O) groups excluding carboxylic acids is 2. The van der Waals surface area contributed by atoms with Gasteiger partial charge in [0.15, 0.2) is 0 Å². The number of benzene rings is 2. The van der Waals surface area contributed by atoms with E-state index in [0.717, 1.165) is 5.56 Å². The number of hydrogen-bond acceptors (Lipinski definition) is 8. The molecule has 11 heteroatoms. The Morgan fingerprint density at radius 3 is 2.42 bits per heavy atom. The summed E-state index contributed by atoms with van der Waals surface area (Å²) in [5.41, 5.74) is 0.857. The molecule has 2 aromatic rings. The molecule has 2 aromatic carbocycles. The molecule has 4 atom stereocenters. The van der Waals surface area contributed by atoms with Crippen LogP contribution in [0.25, 0.3) is 0 Å². The zero-order valence-electron chi connectivity index (χ0n) is 23.3. The average Bonchev–Trinajstić information content (AvgIpc) is 3.44. The van der Waals surface area contributed by atoms with Gasteiger partial charge < -0.3 is 29.4 Å². The molecular formula is C29H40N2O8S. The van der Waals surface area contributed by atoms with E-state index in [9.17, 15) is 23.1 Å². The number of aliphatic hydroxyl groups is 1. The normalized spacial score (nSPS) is 17.7. The molecule has 0 aromatic heterocycles. The second kappa shape index (κ2) is 15.1. The van der Waals surface area contributed by atoms with Crippen molar-refractivity contribution in [3.05, 3.63) is 60.2 Å². The summed E-state index contributed by atoms with van der Waals surface area (Å²) in [6.45, 7) is 3.99. The maximum atomic E-state index is 13.8. The molecule has 0 saturated carbocycles.